The zero-order valence-corrected chi connectivity index (χ0v) is 8.35. The fourth-order valence-corrected chi connectivity index (χ4v) is 1.16. The Morgan fingerprint density at radius 3 is 2.53 bits per heavy atom. The summed E-state index contributed by atoms with van der Waals surface area (Å²) in [7, 11) is 0. The molecule has 0 spiro atoms. The maximum Gasteiger partial charge on any atom is 0.281 e. The molecule has 15 heavy (non-hydrogen) atoms. The van der Waals surface area contributed by atoms with E-state index >= 15 is 0 Å². The Hall–Kier alpha value is -1.81. The summed E-state index contributed by atoms with van der Waals surface area (Å²) in [5, 5.41) is 16.7. The van der Waals surface area contributed by atoms with Gasteiger partial charge in [-0.1, -0.05) is 29.8 Å². The second-order valence-corrected chi connectivity index (χ2v) is 3.16. The Bertz CT molecular complexity index is 462. The minimum absolute atomic E-state index is 0.0330. The Morgan fingerprint density at radius 1 is 1.13 bits per heavy atom. The number of aromatic hydroxyl groups is 1. The van der Waals surface area contributed by atoms with E-state index in [2.05, 4.69) is 10.2 Å². The molecule has 1 N–H and O–H groups in total. The number of rotatable bonds is 2. The van der Waals surface area contributed by atoms with Crippen LogP contribution in [0.15, 0.2) is 36.4 Å². The highest BCUT2D eigenvalue weighted by molar-refractivity contribution is 6.29. The highest BCUT2D eigenvalue weighted by atomic mass is 35.5. The zero-order chi connectivity index (χ0) is 10.7. The molecule has 76 valence electrons. The first-order valence-corrected chi connectivity index (χ1v) is 4.58. The molecule has 0 aliphatic carbocycles. The van der Waals surface area contributed by atoms with Crippen LogP contribution in [0.5, 0.6) is 17.4 Å². The molecular formula is C10H7ClN2O2. The normalized spacial score (nSPS) is 9.93. The van der Waals surface area contributed by atoms with Crippen LogP contribution < -0.4 is 4.74 Å². The van der Waals surface area contributed by atoms with E-state index in [-0.39, 0.29) is 16.8 Å². The third-order valence-electron chi connectivity index (χ3n) is 1.67. The van der Waals surface area contributed by atoms with Crippen molar-refractivity contribution in [3.8, 4) is 17.4 Å². The van der Waals surface area contributed by atoms with E-state index < -0.39 is 0 Å². The van der Waals surface area contributed by atoms with E-state index in [1.165, 1.54) is 6.07 Å². The Balaban J connectivity index is 2.25. The van der Waals surface area contributed by atoms with E-state index in [9.17, 15) is 5.11 Å². The van der Waals surface area contributed by atoms with E-state index in [0.717, 1.165) is 0 Å². The lowest BCUT2D eigenvalue weighted by molar-refractivity contribution is 0.392. The standard InChI is InChI=1S/C10H7ClN2O2/c11-9-6-8(14)10(13-12-9)15-7-4-2-1-3-5-7/h1-6H,(H,12,14). The van der Waals surface area contributed by atoms with Crippen LogP contribution in [0.2, 0.25) is 5.15 Å². The lowest BCUT2D eigenvalue weighted by Gasteiger charge is -2.04. The van der Waals surface area contributed by atoms with Crippen LogP contribution in [0.25, 0.3) is 0 Å². The smallest absolute Gasteiger partial charge is 0.281 e. The molecule has 0 aliphatic rings. The van der Waals surface area contributed by atoms with E-state index in [4.69, 9.17) is 16.3 Å². The van der Waals surface area contributed by atoms with Crippen molar-refractivity contribution in [3.05, 3.63) is 41.6 Å². The van der Waals surface area contributed by atoms with Crippen molar-refractivity contribution in [2.45, 2.75) is 0 Å². The van der Waals surface area contributed by atoms with Gasteiger partial charge in [0.25, 0.3) is 5.88 Å². The molecule has 0 radical (unpaired) electrons. The number of hydrogen-bond donors (Lipinski definition) is 1. The van der Waals surface area contributed by atoms with Crippen molar-refractivity contribution in [1.29, 1.82) is 0 Å². The van der Waals surface area contributed by atoms with Crippen LogP contribution in [0.3, 0.4) is 0 Å². The predicted molar refractivity (Wildman–Crippen MR) is 55.2 cm³/mol. The summed E-state index contributed by atoms with van der Waals surface area (Å²) in [4.78, 5) is 0. The van der Waals surface area contributed by atoms with E-state index in [1.807, 2.05) is 18.2 Å². The molecule has 0 bridgehead atoms. The molecule has 1 heterocycles. The SMILES string of the molecule is Oc1cc(Cl)nnc1Oc1ccccc1. The summed E-state index contributed by atoms with van der Waals surface area (Å²) in [6, 6.07) is 10.3. The van der Waals surface area contributed by atoms with Crippen LogP contribution in [0.4, 0.5) is 0 Å². The van der Waals surface area contributed by atoms with Gasteiger partial charge < -0.3 is 9.84 Å². The number of nitrogens with zero attached hydrogens (tertiary/aromatic N) is 2. The van der Waals surface area contributed by atoms with Gasteiger partial charge >= 0.3 is 0 Å². The molecule has 2 rings (SSSR count). The molecule has 0 saturated heterocycles. The third-order valence-corrected chi connectivity index (χ3v) is 1.85. The molecule has 0 atom stereocenters. The number of para-hydroxylation sites is 1. The first-order chi connectivity index (χ1) is 7.25. The minimum atomic E-state index is -0.140. The van der Waals surface area contributed by atoms with Crippen molar-refractivity contribution in [1.82, 2.24) is 10.2 Å². The first kappa shape index (κ1) is 9.73. The Labute approximate surface area is 91.1 Å². The van der Waals surface area contributed by atoms with Crippen molar-refractivity contribution in [2.75, 3.05) is 0 Å². The van der Waals surface area contributed by atoms with Crippen LogP contribution in [0.1, 0.15) is 0 Å². The summed E-state index contributed by atoms with van der Waals surface area (Å²) in [5.74, 6) is 0.467. The van der Waals surface area contributed by atoms with Crippen LogP contribution >= 0.6 is 11.6 Å². The molecule has 1 aromatic carbocycles. The van der Waals surface area contributed by atoms with Crippen molar-refractivity contribution >= 4 is 11.6 Å². The summed E-state index contributed by atoms with van der Waals surface area (Å²) < 4.78 is 5.28. The molecule has 0 fully saturated rings. The van der Waals surface area contributed by atoms with Gasteiger partial charge in [-0.05, 0) is 12.1 Å². The monoisotopic (exact) mass is 222 g/mol. The van der Waals surface area contributed by atoms with E-state index in [1.54, 1.807) is 12.1 Å². The van der Waals surface area contributed by atoms with Gasteiger partial charge in [-0.15, -0.1) is 10.2 Å². The molecule has 4 nitrogen and oxygen atoms in total. The summed E-state index contributed by atoms with van der Waals surface area (Å²) in [6.45, 7) is 0. The summed E-state index contributed by atoms with van der Waals surface area (Å²) in [5.41, 5.74) is 0. The molecule has 0 unspecified atom stereocenters. The fourth-order valence-electron chi connectivity index (χ4n) is 1.02. The molecular weight excluding hydrogens is 216 g/mol. The third kappa shape index (κ3) is 2.35. The summed E-state index contributed by atoms with van der Waals surface area (Å²) in [6.07, 6.45) is 0. The predicted octanol–water partition coefficient (Wildman–Crippen LogP) is 2.63. The highest BCUT2D eigenvalue weighted by Crippen LogP contribution is 2.28. The van der Waals surface area contributed by atoms with Gasteiger partial charge in [0.1, 0.15) is 5.75 Å². The molecule has 0 amide bonds. The van der Waals surface area contributed by atoms with Gasteiger partial charge in [0.2, 0.25) is 0 Å². The molecule has 2 aromatic rings. The second kappa shape index (κ2) is 4.14. The Morgan fingerprint density at radius 2 is 1.87 bits per heavy atom. The van der Waals surface area contributed by atoms with Crippen LogP contribution in [0, 0.1) is 0 Å². The average Bonchev–Trinajstić information content (AvgIpc) is 2.24. The van der Waals surface area contributed by atoms with Gasteiger partial charge in [-0.25, -0.2) is 0 Å². The quantitative estimate of drug-likeness (QED) is 0.849. The lowest BCUT2D eigenvalue weighted by Crippen LogP contribution is -1.90. The maximum absolute atomic E-state index is 9.44. The van der Waals surface area contributed by atoms with Crippen molar-refractivity contribution in [2.24, 2.45) is 0 Å². The number of ether oxygens (including phenoxy) is 1. The number of aromatic nitrogens is 2. The van der Waals surface area contributed by atoms with Crippen molar-refractivity contribution < 1.29 is 9.84 Å². The number of benzene rings is 1. The van der Waals surface area contributed by atoms with Crippen LogP contribution in [-0.2, 0) is 0 Å². The van der Waals surface area contributed by atoms with Gasteiger partial charge in [-0.2, -0.15) is 0 Å². The zero-order valence-electron chi connectivity index (χ0n) is 7.59. The largest absolute Gasteiger partial charge is 0.503 e. The molecule has 0 aliphatic heterocycles. The first-order valence-electron chi connectivity index (χ1n) is 4.21. The fraction of sp³-hybridized carbons (Fsp3) is 0. The number of hydrogen-bond acceptors (Lipinski definition) is 4. The topological polar surface area (TPSA) is 55.2 Å². The molecule has 5 heteroatoms. The van der Waals surface area contributed by atoms with Gasteiger partial charge in [0, 0.05) is 6.07 Å². The van der Waals surface area contributed by atoms with Crippen molar-refractivity contribution in [3.63, 3.8) is 0 Å². The average molecular weight is 223 g/mol. The van der Waals surface area contributed by atoms with Crippen LogP contribution in [-0.4, -0.2) is 15.3 Å². The van der Waals surface area contributed by atoms with Gasteiger partial charge in [-0.3, -0.25) is 0 Å². The minimum Gasteiger partial charge on any atom is -0.503 e. The maximum atomic E-state index is 9.44. The lowest BCUT2D eigenvalue weighted by atomic mass is 10.3. The Kier molecular flexibility index (Phi) is 2.69. The summed E-state index contributed by atoms with van der Waals surface area (Å²) >= 11 is 5.53. The second-order valence-electron chi connectivity index (χ2n) is 2.77. The van der Waals surface area contributed by atoms with Gasteiger partial charge in [0.15, 0.2) is 10.9 Å². The van der Waals surface area contributed by atoms with E-state index in [0.29, 0.717) is 5.75 Å². The number of halogens is 1. The van der Waals surface area contributed by atoms with Gasteiger partial charge in [0.05, 0.1) is 0 Å². The molecule has 0 saturated carbocycles. The highest BCUT2D eigenvalue weighted by Gasteiger charge is 2.06. The molecule has 1 aromatic heterocycles.